The number of nitrogens with zero attached hydrogens (tertiary/aromatic N) is 3. The molecule has 178 valence electrons. The molecule has 3 aliphatic heterocycles. The first-order valence-electron chi connectivity index (χ1n) is 11.6. The number of carbonyl (C=O) groups is 1. The Hall–Kier alpha value is -1.72. The first-order valence-corrected chi connectivity index (χ1v) is 13.0. The molecule has 10 heteroatoms. The van der Waals surface area contributed by atoms with Gasteiger partial charge in [-0.2, -0.15) is 4.31 Å². The second-order valence-electron chi connectivity index (χ2n) is 8.53. The van der Waals surface area contributed by atoms with Crippen molar-refractivity contribution in [3.8, 4) is 0 Å². The summed E-state index contributed by atoms with van der Waals surface area (Å²) in [5, 5.41) is 3.02. The molecule has 1 aromatic carbocycles. The number of nitrogens with one attached hydrogen (secondary N) is 1. The molecule has 1 N–H and O–H groups in total. The van der Waals surface area contributed by atoms with E-state index in [2.05, 4.69) is 15.1 Å². The van der Waals surface area contributed by atoms with Crippen LogP contribution in [-0.2, 0) is 24.3 Å². The number of likely N-dealkylation sites (tertiary alicyclic amines) is 1. The van der Waals surface area contributed by atoms with Gasteiger partial charge in [-0.25, -0.2) is 8.42 Å². The molecular formula is C22H34N4O5S. The predicted molar refractivity (Wildman–Crippen MR) is 123 cm³/mol. The van der Waals surface area contributed by atoms with Crippen LogP contribution in [0.25, 0.3) is 0 Å². The number of morpholine rings is 2. The van der Waals surface area contributed by atoms with Gasteiger partial charge in [0, 0.05) is 26.2 Å². The summed E-state index contributed by atoms with van der Waals surface area (Å²) in [5.41, 5.74) is 1.37. The Kier molecular flexibility index (Phi) is 8.01. The first kappa shape index (κ1) is 23.4. The number of amides is 1. The minimum absolute atomic E-state index is 0.109. The molecule has 0 atom stereocenters. The number of ether oxygens (including phenoxy) is 2. The van der Waals surface area contributed by atoms with E-state index in [-0.39, 0.29) is 10.8 Å². The molecule has 0 spiro atoms. The zero-order valence-corrected chi connectivity index (χ0v) is 19.4. The van der Waals surface area contributed by atoms with Gasteiger partial charge in [-0.15, -0.1) is 0 Å². The predicted octanol–water partition coefficient (Wildman–Crippen LogP) is 1.36. The summed E-state index contributed by atoms with van der Waals surface area (Å²) >= 11 is 0. The molecule has 0 saturated carbocycles. The third-order valence-corrected chi connectivity index (χ3v) is 8.16. The average molecular weight is 467 g/mol. The highest BCUT2D eigenvalue weighted by atomic mass is 32.2. The smallest absolute Gasteiger partial charge is 0.243 e. The summed E-state index contributed by atoms with van der Waals surface area (Å²) in [6, 6.07) is 5.05. The van der Waals surface area contributed by atoms with Gasteiger partial charge in [0.25, 0.3) is 0 Å². The number of hydrogen-bond acceptors (Lipinski definition) is 7. The molecule has 0 aromatic heterocycles. The van der Waals surface area contributed by atoms with E-state index in [1.165, 1.54) is 17.1 Å². The van der Waals surface area contributed by atoms with Crippen molar-refractivity contribution >= 4 is 27.3 Å². The van der Waals surface area contributed by atoms with Crippen LogP contribution in [0.1, 0.15) is 25.7 Å². The average Bonchev–Trinajstić information content (AvgIpc) is 3.09. The van der Waals surface area contributed by atoms with E-state index >= 15 is 0 Å². The van der Waals surface area contributed by atoms with E-state index in [1.54, 1.807) is 18.2 Å². The maximum atomic E-state index is 13.2. The van der Waals surface area contributed by atoms with Crippen molar-refractivity contribution in [2.45, 2.75) is 30.6 Å². The van der Waals surface area contributed by atoms with E-state index < -0.39 is 10.0 Å². The van der Waals surface area contributed by atoms with E-state index in [1.807, 2.05) is 0 Å². The molecule has 3 heterocycles. The third kappa shape index (κ3) is 5.79. The summed E-state index contributed by atoms with van der Waals surface area (Å²) in [5.74, 6) is -0.109. The molecule has 0 aliphatic carbocycles. The number of rotatable bonds is 6. The SMILES string of the molecule is O=C(CN1CCCCCC1)Nc1cc(S(=O)(=O)N2CCOCC2)ccc1N1CCOCC1. The largest absolute Gasteiger partial charge is 0.379 e. The highest BCUT2D eigenvalue weighted by molar-refractivity contribution is 7.89. The number of hydrogen-bond donors (Lipinski definition) is 1. The van der Waals surface area contributed by atoms with Crippen molar-refractivity contribution in [1.29, 1.82) is 0 Å². The van der Waals surface area contributed by atoms with Gasteiger partial charge >= 0.3 is 0 Å². The summed E-state index contributed by atoms with van der Waals surface area (Å²) < 4.78 is 38.6. The van der Waals surface area contributed by atoms with E-state index in [0.29, 0.717) is 64.8 Å². The summed E-state index contributed by atoms with van der Waals surface area (Å²) in [6.07, 6.45) is 4.64. The molecule has 32 heavy (non-hydrogen) atoms. The lowest BCUT2D eigenvalue weighted by Gasteiger charge is -2.31. The van der Waals surface area contributed by atoms with Crippen LogP contribution in [0.3, 0.4) is 0 Å². The lowest BCUT2D eigenvalue weighted by atomic mass is 10.2. The number of carbonyl (C=O) groups excluding carboxylic acids is 1. The summed E-state index contributed by atoms with van der Waals surface area (Å²) in [7, 11) is -3.65. The van der Waals surface area contributed by atoms with Gasteiger partial charge in [-0.3, -0.25) is 9.69 Å². The monoisotopic (exact) mass is 466 g/mol. The third-order valence-electron chi connectivity index (χ3n) is 6.27. The van der Waals surface area contributed by atoms with Crippen LogP contribution in [-0.4, -0.2) is 95.8 Å². The zero-order valence-electron chi connectivity index (χ0n) is 18.6. The fraction of sp³-hybridized carbons (Fsp3) is 0.682. The maximum absolute atomic E-state index is 13.2. The van der Waals surface area contributed by atoms with Crippen molar-refractivity contribution < 1.29 is 22.7 Å². The van der Waals surface area contributed by atoms with Crippen LogP contribution in [0.5, 0.6) is 0 Å². The molecule has 9 nitrogen and oxygen atoms in total. The topological polar surface area (TPSA) is 91.4 Å². The number of anilines is 2. The van der Waals surface area contributed by atoms with Crippen LogP contribution in [0.15, 0.2) is 23.1 Å². The van der Waals surface area contributed by atoms with Crippen molar-refractivity contribution in [3.05, 3.63) is 18.2 Å². The van der Waals surface area contributed by atoms with Gasteiger partial charge in [-0.1, -0.05) is 12.8 Å². The minimum atomic E-state index is -3.65. The van der Waals surface area contributed by atoms with Gasteiger partial charge in [0.1, 0.15) is 0 Å². The van der Waals surface area contributed by atoms with Crippen LogP contribution >= 0.6 is 0 Å². The molecule has 0 unspecified atom stereocenters. The standard InChI is InChI=1S/C22H34N4O5S/c27-22(18-24-7-3-1-2-4-8-24)23-20-17-19(32(28,29)26-11-15-31-16-12-26)5-6-21(20)25-9-13-30-14-10-25/h5-6,17H,1-4,7-16,18H2,(H,23,27). The fourth-order valence-corrected chi connectivity index (χ4v) is 5.91. The zero-order chi connectivity index (χ0) is 22.4. The molecule has 1 amide bonds. The van der Waals surface area contributed by atoms with Crippen molar-refractivity contribution in [1.82, 2.24) is 9.21 Å². The van der Waals surface area contributed by atoms with E-state index in [9.17, 15) is 13.2 Å². The number of benzene rings is 1. The minimum Gasteiger partial charge on any atom is -0.379 e. The fourth-order valence-electron chi connectivity index (χ4n) is 4.48. The Morgan fingerprint density at radius 1 is 0.875 bits per heavy atom. The van der Waals surface area contributed by atoms with Gasteiger partial charge in [0.15, 0.2) is 0 Å². The Labute approximate surface area is 190 Å². The van der Waals surface area contributed by atoms with E-state index in [4.69, 9.17) is 9.47 Å². The Balaban J connectivity index is 1.56. The Morgan fingerprint density at radius 3 is 2.16 bits per heavy atom. The first-order chi connectivity index (χ1) is 15.5. The highest BCUT2D eigenvalue weighted by Gasteiger charge is 2.28. The highest BCUT2D eigenvalue weighted by Crippen LogP contribution is 2.31. The maximum Gasteiger partial charge on any atom is 0.243 e. The lowest BCUT2D eigenvalue weighted by Crippen LogP contribution is -2.41. The van der Waals surface area contributed by atoms with E-state index in [0.717, 1.165) is 31.6 Å². The molecule has 0 radical (unpaired) electrons. The van der Waals surface area contributed by atoms with Crippen LogP contribution in [0.4, 0.5) is 11.4 Å². The normalized spacial score (nSPS) is 21.8. The second kappa shape index (κ2) is 10.9. The Morgan fingerprint density at radius 2 is 1.50 bits per heavy atom. The van der Waals surface area contributed by atoms with Crippen molar-refractivity contribution in [3.63, 3.8) is 0 Å². The van der Waals surface area contributed by atoms with Gasteiger partial charge < -0.3 is 19.7 Å². The molecule has 3 saturated heterocycles. The summed E-state index contributed by atoms with van der Waals surface area (Å²) in [4.78, 5) is 17.4. The quantitative estimate of drug-likeness (QED) is 0.677. The molecule has 1 aromatic rings. The van der Waals surface area contributed by atoms with Crippen molar-refractivity contribution in [2.24, 2.45) is 0 Å². The van der Waals surface area contributed by atoms with Gasteiger partial charge in [-0.05, 0) is 44.1 Å². The van der Waals surface area contributed by atoms with Gasteiger partial charge in [0.05, 0.1) is 49.2 Å². The van der Waals surface area contributed by atoms with Crippen LogP contribution in [0.2, 0.25) is 0 Å². The number of sulfonamides is 1. The van der Waals surface area contributed by atoms with Gasteiger partial charge in [0.2, 0.25) is 15.9 Å². The van der Waals surface area contributed by atoms with Crippen LogP contribution < -0.4 is 10.2 Å². The Bertz CT molecular complexity index is 874. The second-order valence-corrected chi connectivity index (χ2v) is 10.5. The van der Waals surface area contributed by atoms with Crippen LogP contribution in [0, 0.1) is 0 Å². The molecular weight excluding hydrogens is 432 g/mol. The lowest BCUT2D eigenvalue weighted by molar-refractivity contribution is -0.117. The summed E-state index contributed by atoms with van der Waals surface area (Å²) in [6.45, 7) is 6.25. The molecule has 3 aliphatic rings. The van der Waals surface area contributed by atoms with Crippen molar-refractivity contribution in [2.75, 3.05) is 82.5 Å². The molecule has 3 fully saturated rings. The molecule has 4 rings (SSSR count). The molecule has 0 bridgehead atoms.